The summed E-state index contributed by atoms with van der Waals surface area (Å²) in [6.45, 7) is 3.67. The summed E-state index contributed by atoms with van der Waals surface area (Å²) < 4.78 is 0. The van der Waals surface area contributed by atoms with Gasteiger partial charge in [0.05, 0.1) is 0 Å². The minimum atomic E-state index is -0.758. The zero-order chi connectivity index (χ0) is 16.7. The Hall–Kier alpha value is -2.45. The Kier molecular flexibility index (Phi) is 6.07. The molecule has 0 aliphatic heterocycles. The number of aliphatic hydroxyl groups excluding tert-OH is 2. The molecule has 8 heteroatoms. The zero-order valence-corrected chi connectivity index (χ0v) is 13.2. The molecule has 124 valence electrons. The molecule has 2 aromatic rings. The van der Waals surface area contributed by atoms with Crippen LogP contribution in [-0.2, 0) is 0 Å². The van der Waals surface area contributed by atoms with Crippen LogP contribution in [0, 0.1) is 0 Å². The van der Waals surface area contributed by atoms with Crippen molar-refractivity contribution in [2.24, 2.45) is 0 Å². The van der Waals surface area contributed by atoms with E-state index in [1.165, 1.54) is 0 Å². The number of benzene rings is 1. The van der Waals surface area contributed by atoms with Crippen molar-refractivity contribution in [2.45, 2.75) is 39.1 Å². The summed E-state index contributed by atoms with van der Waals surface area (Å²) in [5.74, 6) is 0.750. The van der Waals surface area contributed by atoms with Crippen LogP contribution in [0.15, 0.2) is 30.3 Å². The molecule has 2 unspecified atom stereocenters. The van der Waals surface area contributed by atoms with Gasteiger partial charge in [-0.25, -0.2) is 0 Å². The summed E-state index contributed by atoms with van der Waals surface area (Å²) in [6, 6.07) is 9.46. The summed E-state index contributed by atoms with van der Waals surface area (Å²) in [6.07, 6.45) is -0.502. The molecule has 0 spiro atoms. The van der Waals surface area contributed by atoms with Crippen molar-refractivity contribution in [3.63, 3.8) is 0 Å². The maximum absolute atomic E-state index is 9.71. The van der Waals surface area contributed by atoms with Crippen LogP contribution in [0.1, 0.15) is 26.7 Å². The quantitative estimate of drug-likeness (QED) is 0.469. The van der Waals surface area contributed by atoms with Gasteiger partial charge in [-0.15, -0.1) is 0 Å². The molecular formula is C15H22N6O2. The van der Waals surface area contributed by atoms with Gasteiger partial charge < -0.3 is 26.2 Å². The van der Waals surface area contributed by atoms with Gasteiger partial charge in [0.25, 0.3) is 0 Å². The van der Waals surface area contributed by atoms with E-state index in [1.54, 1.807) is 0 Å². The fourth-order valence-corrected chi connectivity index (χ4v) is 1.71. The van der Waals surface area contributed by atoms with Crippen molar-refractivity contribution in [1.29, 1.82) is 0 Å². The van der Waals surface area contributed by atoms with Crippen LogP contribution in [0.5, 0.6) is 0 Å². The molecule has 8 nitrogen and oxygen atoms in total. The highest BCUT2D eigenvalue weighted by atomic mass is 16.3. The first-order chi connectivity index (χ1) is 11.1. The van der Waals surface area contributed by atoms with Crippen LogP contribution in [0.4, 0.5) is 23.5 Å². The molecule has 0 saturated carbocycles. The maximum atomic E-state index is 9.71. The largest absolute Gasteiger partial charge is 0.374 e. The number of hydrogen-bond acceptors (Lipinski definition) is 8. The highest BCUT2D eigenvalue weighted by Gasteiger charge is 2.11. The van der Waals surface area contributed by atoms with Crippen LogP contribution in [0.2, 0.25) is 0 Å². The predicted molar refractivity (Wildman–Crippen MR) is 89.4 cm³/mol. The number of para-hydroxylation sites is 1. The third-order valence-corrected chi connectivity index (χ3v) is 3.03. The van der Waals surface area contributed by atoms with Crippen molar-refractivity contribution in [3.8, 4) is 0 Å². The van der Waals surface area contributed by atoms with E-state index in [4.69, 9.17) is 0 Å². The van der Waals surface area contributed by atoms with E-state index in [-0.39, 0.29) is 11.9 Å². The van der Waals surface area contributed by atoms with E-state index < -0.39 is 12.5 Å². The number of rotatable bonds is 8. The van der Waals surface area contributed by atoms with E-state index in [1.807, 2.05) is 44.2 Å². The number of nitrogens with one attached hydrogen (secondary N) is 3. The van der Waals surface area contributed by atoms with Gasteiger partial charge in [0.1, 0.15) is 12.5 Å². The second-order valence-corrected chi connectivity index (χ2v) is 4.93. The minimum Gasteiger partial charge on any atom is -0.374 e. The van der Waals surface area contributed by atoms with E-state index >= 15 is 0 Å². The van der Waals surface area contributed by atoms with Gasteiger partial charge in [-0.1, -0.05) is 32.0 Å². The van der Waals surface area contributed by atoms with Crippen LogP contribution >= 0.6 is 0 Å². The van der Waals surface area contributed by atoms with E-state index in [0.717, 1.165) is 5.69 Å². The number of anilines is 4. The van der Waals surface area contributed by atoms with Crippen LogP contribution in [0.25, 0.3) is 0 Å². The summed E-state index contributed by atoms with van der Waals surface area (Å²) in [5.41, 5.74) is 0.822. The smallest absolute Gasteiger partial charge is 0.233 e. The molecule has 2 rings (SSSR count). The lowest BCUT2D eigenvalue weighted by atomic mass is 10.3. The molecule has 0 aliphatic rings. The summed E-state index contributed by atoms with van der Waals surface area (Å²) in [4.78, 5) is 12.6. The molecule has 1 heterocycles. The molecule has 0 saturated heterocycles. The molecule has 5 N–H and O–H groups in total. The standard InChI is InChI=1S/C15H22N6O2/c1-3-11(22)17-14-19-13(16-10-8-6-5-7-9-10)20-15(21-14)18-12(23)4-2/h5-9,11-12,22-23H,3-4H2,1-2H3,(H3,16,17,18,19,20,21). The molecule has 23 heavy (non-hydrogen) atoms. The lowest BCUT2D eigenvalue weighted by Gasteiger charge is -2.15. The van der Waals surface area contributed by atoms with Crippen LogP contribution < -0.4 is 16.0 Å². The number of nitrogens with zero attached hydrogens (tertiary/aromatic N) is 3. The van der Waals surface area contributed by atoms with Crippen molar-refractivity contribution >= 4 is 23.5 Å². The second-order valence-electron chi connectivity index (χ2n) is 4.93. The Morgan fingerprint density at radius 1 is 0.826 bits per heavy atom. The first kappa shape index (κ1) is 16.9. The fraction of sp³-hybridized carbons (Fsp3) is 0.400. The molecule has 0 aliphatic carbocycles. The second kappa shape index (κ2) is 8.25. The first-order valence-corrected chi connectivity index (χ1v) is 7.58. The summed E-state index contributed by atoms with van der Waals surface area (Å²) in [7, 11) is 0. The Morgan fingerprint density at radius 2 is 1.30 bits per heavy atom. The third-order valence-electron chi connectivity index (χ3n) is 3.03. The normalized spacial score (nSPS) is 13.2. The zero-order valence-electron chi connectivity index (χ0n) is 13.2. The van der Waals surface area contributed by atoms with E-state index in [0.29, 0.717) is 18.8 Å². The minimum absolute atomic E-state index is 0.221. The summed E-state index contributed by atoms with van der Waals surface area (Å²) in [5, 5.41) is 28.0. The molecule has 1 aromatic carbocycles. The Balaban J connectivity index is 2.24. The molecule has 0 bridgehead atoms. The Labute approximate surface area is 135 Å². The molecule has 2 atom stereocenters. The van der Waals surface area contributed by atoms with Crippen molar-refractivity contribution in [2.75, 3.05) is 16.0 Å². The van der Waals surface area contributed by atoms with Gasteiger partial charge >= 0.3 is 0 Å². The fourth-order valence-electron chi connectivity index (χ4n) is 1.71. The lowest BCUT2D eigenvalue weighted by Crippen LogP contribution is -2.23. The van der Waals surface area contributed by atoms with Gasteiger partial charge in [-0.05, 0) is 25.0 Å². The molecule has 0 fully saturated rings. The summed E-state index contributed by atoms with van der Waals surface area (Å²) >= 11 is 0. The SMILES string of the molecule is CCC(O)Nc1nc(Nc2ccccc2)nc(NC(O)CC)n1. The molecular weight excluding hydrogens is 296 g/mol. The van der Waals surface area contributed by atoms with Gasteiger partial charge in [-0.2, -0.15) is 15.0 Å². The highest BCUT2D eigenvalue weighted by molar-refractivity contribution is 5.55. The monoisotopic (exact) mass is 318 g/mol. The topological polar surface area (TPSA) is 115 Å². The third kappa shape index (κ3) is 5.35. The van der Waals surface area contributed by atoms with E-state index in [9.17, 15) is 10.2 Å². The van der Waals surface area contributed by atoms with Gasteiger partial charge in [-0.3, -0.25) is 0 Å². The van der Waals surface area contributed by atoms with Crippen molar-refractivity contribution < 1.29 is 10.2 Å². The van der Waals surface area contributed by atoms with Crippen molar-refractivity contribution in [3.05, 3.63) is 30.3 Å². The van der Waals surface area contributed by atoms with Crippen LogP contribution in [-0.4, -0.2) is 37.6 Å². The van der Waals surface area contributed by atoms with Gasteiger partial charge in [0.2, 0.25) is 17.8 Å². The number of hydrogen-bond donors (Lipinski definition) is 5. The van der Waals surface area contributed by atoms with Gasteiger partial charge in [0.15, 0.2) is 0 Å². The lowest BCUT2D eigenvalue weighted by molar-refractivity contribution is 0.197. The first-order valence-electron chi connectivity index (χ1n) is 7.58. The number of aromatic nitrogens is 3. The maximum Gasteiger partial charge on any atom is 0.233 e. The van der Waals surface area contributed by atoms with Gasteiger partial charge in [0, 0.05) is 5.69 Å². The molecule has 0 radical (unpaired) electrons. The highest BCUT2D eigenvalue weighted by Crippen LogP contribution is 2.16. The van der Waals surface area contributed by atoms with Crippen LogP contribution in [0.3, 0.4) is 0 Å². The Morgan fingerprint density at radius 3 is 1.78 bits per heavy atom. The Bertz CT molecular complexity index is 580. The predicted octanol–water partition coefficient (Wildman–Crippen LogP) is 1.90. The van der Waals surface area contributed by atoms with Crippen molar-refractivity contribution in [1.82, 2.24) is 15.0 Å². The van der Waals surface area contributed by atoms with E-state index in [2.05, 4.69) is 30.9 Å². The number of aliphatic hydroxyl groups is 2. The molecule has 0 amide bonds. The molecule has 1 aromatic heterocycles. The average Bonchev–Trinajstić information content (AvgIpc) is 2.55. The average molecular weight is 318 g/mol.